The fourth-order valence-electron chi connectivity index (χ4n) is 2.36. The van der Waals surface area contributed by atoms with E-state index in [1.54, 1.807) is 0 Å². The van der Waals surface area contributed by atoms with Crippen molar-refractivity contribution in [2.75, 3.05) is 10.6 Å². The zero-order valence-corrected chi connectivity index (χ0v) is 14.0. The molecule has 21 heavy (non-hydrogen) atoms. The molecule has 2 aromatic rings. The smallest absolute Gasteiger partial charge is 0.221 e. The highest BCUT2D eigenvalue weighted by molar-refractivity contribution is 9.10. The third-order valence-electron chi connectivity index (χ3n) is 3.28. The van der Waals surface area contributed by atoms with Crippen molar-refractivity contribution in [1.82, 2.24) is 0 Å². The predicted molar refractivity (Wildman–Crippen MR) is 91.7 cm³/mol. The van der Waals surface area contributed by atoms with Crippen LogP contribution in [0.1, 0.15) is 23.6 Å². The van der Waals surface area contributed by atoms with Crippen LogP contribution in [-0.2, 0) is 11.3 Å². The molecule has 0 aliphatic rings. The van der Waals surface area contributed by atoms with Gasteiger partial charge in [-0.3, -0.25) is 4.79 Å². The predicted octanol–water partition coefficient (Wildman–Crippen LogP) is 4.64. The molecule has 0 aromatic heterocycles. The molecule has 0 heterocycles. The van der Waals surface area contributed by atoms with Crippen LogP contribution in [0, 0.1) is 13.8 Å². The van der Waals surface area contributed by atoms with E-state index in [0.717, 1.165) is 21.4 Å². The first-order valence-corrected chi connectivity index (χ1v) is 7.63. The first-order valence-electron chi connectivity index (χ1n) is 6.83. The molecule has 0 radical (unpaired) electrons. The number of benzene rings is 2. The Morgan fingerprint density at radius 1 is 1.14 bits per heavy atom. The van der Waals surface area contributed by atoms with Crippen molar-refractivity contribution >= 4 is 33.2 Å². The lowest BCUT2D eigenvalue weighted by atomic mass is 10.1. The Hall–Kier alpha value is -1.81. The van der Waals surface area contributed by atoms with Crippen molar-refractivity contribution in [1.29, 1.82) is 0 Å². The van der Waals surface area contributed by atoms with Crippen LogP contribution < -0.4 is 10.6 Å². The molecule has 1 amide bonds. The monoisotopic (exact) mass is 346 g/mol. The second-order valence-electron chi connectivity index (χ2n) is 5.11. The second-order valence-corrected chi connectivity index (χ2v) is 6.02. The first-order chi connectivity index (χ1) is 9.97. The lowest BCUT2D eigenvalue weighted by molar-refractivity contribution is -0.114. The molecule has 3 nitrogen and oxygen atoms in total. The third-order valence-corrected chi connectivity index (χ3v) is 3.74. The Morgan fingerprint density at radius 2 is 1.76 bits per heavy atom. The fourth-order valence-corrected chi connectivity index (χ4v) is 3.05. The molecule has 0 aliphatic heterocycles. The van der Waals surface area contributed by atoms with Gasteiger partial charge in [0.1, 0.15) is 0 Å². The van der Waals surface area contributed by atoms with Crippen LogP contribution in [-0.4, -0.2) is 5.91 Å². The maximum Gasteiger partial charge on any atom is 0.221 e. The molecule has 0 fully saturated rings. The van der Waals surface area contributed by atoms with E-state index in [9.17, 15) is 4.79 Å². The van der Waals surface area contributed by atoms with Crippen molar-refractivity contribution in [3.63, 3.8) is 0 Å². The number of aryl methyl sites for hydroxylation is 2. The molecular formula is C17H19BrN2O. The van der Waals surface area contributed by atoms with Crippen LogP contribution in [0.25, 0.3) is 0 Å². The number of rotatable bonds is 4. The first kappa shape index (κ1) is 15.6. The molecule has 2 aromatic carbocycles. The van der Waals surface area contributed by atoms with Gasteiger partial charge in [-0.1, -0.05) is 34.1 Å². The van der Waals surface area contributed by atoms with E-state index >= 15 is 0 Å². The van der Waals surface area contributed by atoms with Gasteiger partial charge in [0.15, 0.2) is 0 Å². The number of hydrogen-bond acceptors (Lipinski definition) is 2. The van der Waals surface area contributed by atoms with E-state index in [1.165, 1.54) is 18.1 Å². The highest BCUT2D eigenvalue weighted by Crippen LogP contribution is 2.26. The van der Waals surface area contributed by atoms with E-state index in [-0.39, 0.29) is 5.91 Å². The molecule has 0 atom stereocenters. The van der Waals surface area contributed by atoms with Gasteiger partial charge in [-0.15, -0.1) is 0 Å². The van der Waals surface area contributed by atoms with E-state index in [0.29, 0.717) is 6.54 Å². The van der Waals surface area contributed by atoms with Gasteiger partial charge in [-0.2, -0.15) is 0 Å². The quantitative estimate of drug-likeness (QED) is 0.846. The van der Waals surface area contributed by atoms with Crippen LogP contribution in [0.5, 0.6) is 0 Å². The summed E-state index contributed by atoms with van der Waals surface area (Å²) in [6, 6.07) is 12.0. The van der Waals surface area contributed by atoms with Crippen LogP contribution >= 0.6 is 15.9 Å². The zero-order chi connectivity index (χ0) is 15.4. The maximum atomic E-state index is 11.2. The van der Waals surface area contributed by atoms with Crippen molar-refractivity contribution in [2.24, 2.45) is 0 Å². The van der Waals surface area contributed by atoms with Crippen molar-refractivity contribution in [3.05, 3.63) is 57.6 Å². The molecule has 2 rings (SSSR count). The lowest BCUT2D eigenvalue weighted by Crippen LogP contribution is -2.10. The number of amides is 1. The van der Waals surface area contributed by atoms with E-state index in [2.05, 4.69) is 52.5 Å². The Morgan fingerprint density at radius 3 is 2.38 bits per heavy atom. The Kier molecular flexibility index (Phi) is 5.02. The summed E-state index contributed by atoms with van der Waals surface area (Å²) >= 11 is 3.51. The number of halogens is 1. The minimum absolute atomic E-state index is 0.0570. The molecular weight excluding hydrogens is 328 g/mol. The van der Waals surface area contributed by atoms with Crippen LogP contribution in [0.4, 0.5) is 11.4 Å². The van der Waals surface area contributed by atoms with Gasteiger partial charge in [-0.05, 0) is 48.7 Å². The van der Waals surface area contributed by atoms with Crippen molar-refractivity contribution in [2.45, 2.75) is 27.3 Å². The molecule has 110 valence electrons. The molecule has 0 saturated carbocycles. The largest absolute Gasteiger partial charge is 0.380 e. The van der Waals surface area contributed by atoms with Crippen LogP contribution in [0.3, 0.4) is 0 Å². The summed E-state index contributed by atoms with van der Waals surface area (Å²) in [5.41, 5.74) is 5.44. The van der Waals surface area contributed by atoms with Gasteiger partial charge in [0.2, 0.25) is 5.91 Å². The SMILES string of the molecule is CC(=O)Nc1ccccc1CNc1c(C)cc(Br)cc1C. The number of carbonyl (C=O) groups is 1. The summed E-state index contributed by atoms with van der Waals surface area (Å²) in [6.45, 7) is 6.35. The minimum atomic E-state index is -0.0570. The normalized spacial score (nSPS) is 10.3. The summed E-state index contributed by atoms with van der Waals surface area (Å²) in [4.78, 5) is 11.2. The molecule has 0 unspecified atom stereocenters. The van der Waals surface area contributed by atoms with Crippen LogP contribution in [0.2, 0.25) is 0 Å². The maximum absolute atomic E-state index is 11.2. The topological polar surface area (TPSA) is 41.1 Å². The number of nitrogens with one attached hydrogen (secondary N) is 2. The minimum Gasteiger partial charge on any atom is -0.380 e. The molecule has 2 N–H and O–H groups in total. The average Bonchev–Trinajstić information content (AvgIpc) is 2.38. The molecule has 4 heteroatoms. The number of carbonyl (C=O) groups excluding carboxylic acids is 1. The summed E-state index contributed by atoms with van der Waals surface area (Å²) < 4.78 is 1.08. The molecule has 0 spiro atoms. The molecule has 0 bridgehead atoms. The number of anilines is 2. The second kappa shape index (κ2) is 6.76. The Bertz CT molecular complexity index is 645. The van der Waals surface area contributed by atoms with Gasteiger partial charge in [0, 0.05) is 29.3 Å². The Labute approximate surface area is 133 Å². The summed E-state index contributed by atoms with van der Waals surface area (Å²) in [5.74, 6) is -0.0570. The van der Waals surface area contributed by atoms with E-state index in [4.69, 9.17) is 0 Å². The zero-order valence-electron chi connectivity index (χ0n) is 12.5. The summed E-state index contributed by atoms with van der Waals surface area (Å²) in [5, 5.41) is 6.33. The summed E-state index contributed by atoms with van der Waals surface area (Å²) in [6.07, 6.45) is 0. The summed E-state index contributed by atoms with van der Waals surface area (Å²) in [7, 11) is 0. The van der Waals surface area contributed by atoms with Gasteiger partial charge in [0.25, 0.3) is 0 Å². The van der Waals surface area contributed by atoms with Gasteiger partial charge in [0.05, 0.1) is 0 Å². The number of para-hydroxylation sites is 1. The molecule has 0 aliphatic carbocycles. The standard InChI is InChI=1S/C17H19BrN2O/c1-11-8-15(18)9-12(2)17(11)19-10-14-6-4-5-7-16(14)20-13(3)21/h4-9,19H,10H2,1-3H3,(H,20,21). The van der Waals surface area contributed by atoms with Crippen molar-refractivity contribution in [3.8, 4) is 0 Å². The molecule has 0 saturated heterocycles. The van der Waals surface area contributed by atoms with Crippen LogP contribution in [0.15, 0.2) is 40.9 Å². The van der Waals surface area contributed by atoms with E-state index < -0.39 is 0 Å². The third kappa shape index (κ3) is 4.08. The number of hydrogen-bond donors (Lipinski definition) is 2. The lowest BCUT2D eigenvalue weighted by Gasteiger charge is -2.15. The van der Waals surface area contributed by atoms with Crippen molar-refractivity contribution < 1.29 is 4.79 Å². The van der Waals surface area contributed by atoms with E-state index in [1.807, 2.05) is 24.3 Å². The highest BCUT2D eigenvalue weighted by Gasteiger charge is 2.07. The van der Waals surface area contributed by atoms with Gasteiger partial charge in [-0.25, -0.2) is 0 Å². The fraction of sp³-hybridized carbons (Fsp3) is 0.235. The Balaban J connectivity index is 2.19. The average molecular weight is 347 g/mol. The highest BCUT2D eigenvalue weighted by atomic mass is 79.9. The van der Waals surface area contributed by atoms with Gasteiger partial charge < -0.3 is 10.6 Å². The van der Waals surface area contributed by atoms with Gasteiger partial charge >= 0.3 is 0 Å².